The molecule has 1 aromatic carbocycles. The van der Waals surface area contributed by atoms with Crippen molar-refractivity contribution in [1.82, 2.24) is 10.2 Å². The lowest BCUT2D eigenvalue weighted by atomic mass is 10.1. The minimum atomic E-state index is -0.0541. The number of benzene rings is 1. The van der Waals surface area contributed by atoms with E-state index in [-0.39, 0.29) is 12.6 Å². The second kappa shape index (κ2) is 5.71. The second-order valence-electron chi connectivity index (χ2n) is 4.20. The van der Waals surface area contributed by atoms with Crippen LogP contribution in [0, 0.1) is 6.92 Å². The van der Waals surface area contributed by atoms with Crippen LogP contribution in [0.25, 0.3) is 0 Å². The molecule has 0 saturated heterocycles. The third-order valence-electron chi connectivity index (χ3n) is 2.63. The molecule has 0 aliphatic heterocycles. The highest BCUT2D eigenvalue weighted by molar-refractivity contribution is 5.43. The number of aryl methyl sites for hydroxylation is 1. The standard InChI is InChI=1S/C13H17N3O3/c1-8(14)10-4-5-11(12(6-10)17-3)18-7-13-16-15-9(2)19-13/h4-6,8H,7,14H2,1-3H3. The molecule has 2 rings (SSSR count). The Kier molecular flexibility index (Phi) is 4.01. The normalized spacial score (nSPS) is 12.2. The van der Waals surface area contributed by atoms with Crippen molar-refractivity contribution in [2.75, 3.05) is 7.11 Å². The van der Waals surface area contributed by atoms with Gasteiger partial charge in [0.15, 0.2) is 18.1 Å². The highest BCUT2D eigenvalue weighted by Gasteiger charge is 2.10. The maximum atomic E-state index is 5.83. The maximum absolute atomic E-state index is 5.83. The van der Waals surface area contributed by atoms with Gasteiger partial charge < -0.3 is 19.6 Å². The van der Waals surface area contributed by atoms with Gasteiger partial charge in [-0.25, -0.2) is 0 Å². The minimum Gasteiger partial charge on any atom is -0.493 e. The molecule has 102 valence electrons. The summed E-state index contributed by atoms with van der Waals surface area (Å²) in [7, 11) is 1.59. The number of ether oxygens (including phenoxy) is 2. The van der Waals surface area contributed by atoms with E-state index in [0.717, 1.165) is 5.56 Å². The van der Waals surface area contributed by atoms with Crippen molar-refractivity contribution in [1.29, 1.82) is 0 Å². The summed E-state index contributed by atoms with van der Waals surface area (Å²) < 4.78 is 16.1. The summed E-state index contributed by atoms with van der Waals surface area (Å²) >= 11 is 0. The molecule has 6 nitrogen and oxygen atoms in total. The number of nitrogens with two attached hydrogens (primary N) is 1. The van der Waals surface area contributed by atoms with Crippen molar-refractivity contribution in [2.24, 2.45) is 5.73 Å². The predicted molar refractivity (Wildman–Crippen MR) is 69.0 cm³/mol. The minimum absolute atomic E-state index is 0.0541. The fraction of sp³-hybridized carbons (Fsp3) is 0.385. The van der Waals surface area contributed by atoms with Gasteiger partial charge in [-0.05, 0) is 24.6 Å². The molecule has 1 heterocycles. The summed E-state index contributed by atoms with van der Waals surface area (Å²) in [5.41, 5.74) is 6.81. The van der Waals surface area contributed by atoms with Gasteiger partial charge in [-0.3, -0.25) is 0 Å². The van der Waals surface area contributed by atoms with Gasteiger partial charge in [0.05, 0.1) is 7.11 Å². The van der Waals surface area contributed by atoms with Crippen molar-refractivity contribution < 1.29 is 13.9 Å². The molecule has 0 aliphatic rings. The van der Waals surface area contributed by atoms with Gasteiger partial charge in [0.1, 0.15) is 0 Å². The molecule has 0 saturated carbocycles. The molecule has 0 aliphatic carbocycles. The summed E-state index contributed by atoms with van der Waals surface area (Å²) in [6, 6.07) is 5.53. The fourth-order valence-corrected chi connectivity index (χ4v) is 1.62. The number of hydrogen-bond acceptors (Lipinski definition) is 6. The highest BCUT2D eigenvalue weighted by Crippen LogP contribution is 2.30. The van der Waals surface area contributed by atoms with E-state index in [1.54, 1.807) is 14.0 Å². The lowest BCUT2D eigenvalue weighted by Gasteiger charge is -2.12. The number of aromatic nitrogens is 2. The first-order valence-corrected chi connectivity index (χ1v) is 5.95. The molecule has 1 atom stereocenters. The van der Waals surface area contributed by atoms with Crippen molar-refractivity contribution >= 4 is 0 Å². The number of rotatable bonds is 5. The largest absolute Gasteiger partial charge is 0.493 e. The first-order valence-electron chi connectivity index (χ1n) is 5.95. The van der Waals surface area contributed by atoms with Crippen molar-refractivity contribution in [3.63, 3.8) is 0 Å². The molecule has 0 fully saturated rings. The smallest absolute Gasteiger partial charge is 0.253 e. The van der Waals surface area contributed by atoms with Crippen LogP contribution in [0.2, 0.25) is 0 Å². The first kappa shape index (κ1) is 13.4. The van der Waals surface area contributed by atoms with Crippen LogP contribution in [0.1, 0.15) is 30.3 Å². The molecular formula is C13H17N3O3. The number of nitrogens with zero attached hydrogens (tertiary/aromatic N) is 2. The zero-order chi connectivity index (χ0) is 13.8. The van der Waals surface area contributed by atoms with Crippen LogP contribution in [0.5, 0.6) is 11.5 Å². The molecule has 0 bridgehead atoms. The third kappa shape index (κ3) is 3.23. The van der Waals surface area contributed by atoms with Crippen LogP contribution < -0.4 is 15.2 Å². The van der Waals surface area contributed by atoms with Crippen molar-refractivity contribution in [3.8, 4) is 11.5 Å². The van der Waals surface area contributed by atoms with Crippen molar-refractivity contribution in [3.05, 3.63) is 35.5 Å². The average Bonchev–Trinajstić information content (AvgIpc) is 2.81. The fourth-order valence-electron chi connectivity index (χ4n) is 1.62. The summed E-state index contributed by atoms with van der Waals surface area (Å²) in [5.74, 6) is 2.18. The maximum Gasteiger partial charge on any atom is 0.253 e. The van der Waals surface area contributed by atoms with Gasteiger partial charge >= 0.3 is 0 Å². The quantitative estimate of drug-likeness (QED) is 0.888. The lowest BCUT2D eigenvalue weighted by Crippen LogP contribution is -2.05. The van der Waals surface area contributed by atoms with Crippen LogP contribution in [0.15, 0.2) is 22.6 Å². The molecule has 2 N–H and O–H groups in total. The third-order valence-corrected chi connectivity index (χ3v) is 2.63. The average molecular weight is 263 g/mol. The van der Waals surface area contributed by atoms with Crippen LogP contribution in [0.4, 0.5) is 0 Å². The zero-order valence-corrected chi connectivity index (χ0v) is 11.2. The van der Waals surface area contributed by atoms with Gasteiger partial charge in [-0.1, -0.05) is 6.07 Å². The molecule has 6 heteroatoms. The first-order chi connectivity index (χ1) is 9.10. The number of methoxy groups -OCH3 is 1. The Labute approximate surface area is 111 Å². The topological polar surface area (TPSA) is 83.4 Å². The Morgan fingerprint density at radius 1 is 1.32 bits per heavy atom. The molecule has 0 radical (unpaired) electrons. The summed E-state index contributed by atoms with van der Waals surface area (Å²) in [6.45, 7) is 3.85. The predicted octanol–water partition coefficient (Wildman–Crippen LogP) is 1.99. The van der Waals surface area contributed by atoms with Crippen LogP contribution in [-0.4, -0.2) is 17.3 Å². The van der Waals surface area contributed by atoms with Gasteiger partial charge in [-0.15, -0.1) is 10.2 Å². The summed E-state index contributed by atoms with van der Waals surface area (Å²) in [6.07, 6.45) is 0. The molecule has 0 amide bonds. The van der Waals surface area contributed by atoms with Crippen LogP contribution in [-0.2, 0) is 6.61 Å². The van der Waals surface area contributed by atoms with Gasteiger partial charge in [0, 0.05) is 13.0 Å². The Hall–Kier alpha value is -2.08. The SMILES string of the molecule is COc1cc(C(C)N)ccc1OCc1nnc(C)o1. The van der Waals surface area contributed by atoms with E-state index < -0.39 is 0 Å². The lowest BCUT2D eigenvalue weighted by molar-refractivity contribution is 0.248. The van der Waals surface area contributed by atoms with E-state index >= 15 is 0 Å². The van der Waals surface area contributed by atoms with Crippen LogP contribution >= 0.6 is 0 Å². The van der Waals surface area contributed by atoms with E-state index in [9.17, 15) is 0 Å². The van der Waals surface area contributed by atoms with E-state index in [0.29, 0.717) is 23.3 Å². The molecule has 0 spiro atoms. The summed E-state index contributed by atoms with van der Waals surface area (Å²) in [4.78, 5) is 0. The van der Waals surface area contributed by atoms with Gasteiger partial charge in [0.2, 0.25) is 5.89 Å². The Morgan fingerprint density at radius 3 is 2.68 bits per heavy atom. The Bertz CT molecular complexity index is 552. The highest BCUT2D eigenvalue weighted by atomic mass is 16.5. The van der Waals surface area contributed by atoms with Gasteiger partial charge in [0.25, 0.3) is 5.89 Å². The van der Waals surface area contributed by atoms with E-state index in [1.165, 1.54) is 0 Å². The molecular weight excluding hydrogens is 246 g/mol. The van der Waals surface area contributed by atoms with E-state index in [4.69, 9.17) is 19.6 Å². The van der Waals surface area contributed by atoms with Crippen molar-refractivity contribution in [2.45, 2.75) is 26.5 Å². The molecule has 2 aromatic rings. The number of hydrogen-bond donors (Lipinski definition) is 1. The summed E-state index contributed by atoms with van der Waals surface area (Å²) in [5, 5.41) is 7.59. The van der Waals surface area contributed by atoms with Gasteiger partial charge in [-0.2, -0.15) is 0 Å². The second-order valence-corrected chi connectivity index (χ2v) is 4.20. The van der Waals surface area contributed by atoms with E-state index in [2.05, 4.69) is 10.2 Å². The molecule has 1 unspecified atom stereocenters. The monoisotopic (exact) mass is 263 g/mol. The Balaban J connectivity index is 2.11. The molecule has 19 heavy (non-hydrogen) atoms. The van der Waals surface area contributed by atoms with Crippen LogP contribution in [0.3, 0.4) is 0 Å². The Morgan fingerprint density at radius 2 is 2.11 bits per heavy atom. The zero-order valence-electron chi connectivity index (χ0n) is 11.2. The molecule has 1 aromatic heterocycles. The van der Waals surface area contributed by atoms with E-state index in [1.807, 2.05) is 25.1 Å².